The number of aryl methyl sites for hydroxylation is 3. The molecular formula is C16H20N4O. The van der Waals surface area contributed by atoms with Crippen LogP contribution in [-0.4, -0.2) is 16.8 Å². The molecule has 0 radical (unpaired) electrons. The van der Waals surface area contributed by atoms with Crippen LogP contribution in [0.25, 0.3) is 5.69 Å². The van der Waals surface area contributed by atoms with Gasteiger partial charge in [0.25, 0.3) is 0 Å². The number of hydrazone groups is 1. The summed E-state index contributed by atoms with van der Waals surface area (Å²) in [5.41, 5.74) is 14.0. The molecule has 3 N–H and O–H groups in total. The average Bonchev–Trinajstić information content (AvgIpc) is 2.66. The number of benzene rings is 1. The first-order valence-corrected chi connectivity index (χ1v) is 6.76. The normalized spacial score (nSPS) is 11.0. The molecule has 1 aromatic heterocycles. The molecule has 1 heterocycles. The van der Waals surface area contributed by atoms with Gasteiger partial charge in [0.15, 0.2) is 0 Å². The number of nitrogens with one attached hydrogen (secondary N) is 1. The zero-order valence-electron chi connectivity index (χ0n) is 12.8. The van der Waals surface area contributed by atoms with Crippen LogP contribution in [0.4, 0.5) is 4.79 Å². The lowest BCUT2D eigenvalue weighted by Crippen LogP contribution is -2.24. The van der Waals surface area contributed by atoms with Crippen LogP contribution in [0.1, 0.15) is 28.1 Å². The number of nitrogens with two attached hydrogens (primary N) is 1. The monoisotopic (exact) mass is 284 g/mol. The van der Waals surface area contributed by atoms with Crippen LogP contribution in [0.5, 0.6) is 0 Å². The predicted molar refractivity (Wildman–Crippen MR) is 85.0 cm³/mol. The Balaban J connectivity index is 2.49. The molecule has 0 aliphatic rings. The third-order valence-corrected chi connectivity index (χ3v) is 3.51. The lowest BCUT2D eigenvalue weighted by Gasteiger charge is -2.15. The van der Waals surface area contributed by atoms with E-state index in [4.69, 9.17) is 5.73 Å². The Morgan fingerprint density at radius 2 is 1.86 bits per heavy atom. The van der Waals surface area contributed by atoms with Crippen LogP contribution in [0, 0.1) is 27.7 Å². The number of para-hydroxylation sites is 1. The maximum Gasteiger partial charge on any atom is 0.332 e. The van der Waals surface area contributed by atoms with E-state index in [9.17, 15) is 4.79 Å². The number of aromatic nitrogens is 1. The third-order valence-electron chi connectivity index (χ3n) is 3.51. The zero-order chi connectivity index (χ0) is 15.6. The second-order valence-electron chi connectivity index (χ2n) is 5.14. The van der Waals surface area contributed by atoms with E-state index in [1.165, 1.54) is 16.8 Å². The van der Waals surface area contributed by atoms with E-state index in [0.29, 0.717) is 0 Å². The van der Waals surface area contributed by atoms with Gasteiger partial charge >= 0.3 is 6.03 Å². The average molecular weight is 284 g/mol. The molecule has 0 atom stereocenters. The van der Waals surface area contributed by atoms with Gasteiger partial charge in [0, 0.05) is 17.0 Å². The number of primary amides is 1. The molecule has 0 spiro atoms. The predicted octanol–water partition coefficient (Wildman–Crippen LogP) is 2.71. The van der Waals surface area contributed by atoms with Gasteiger partial charge in [0.05, 0.1) is 11.9 Å². The Morgan fingerprint density at radius 3 is 2.43 bits per heavy atom. The van der Waals surface area contributed by atoms with Crippen molar-refractivity contribution >= 4 is 12.2 Å². The van der Waals surface area contributed by atoms with E-state index in [2.05, 4.69) is 54.1 Å². The van der Waals surface area contributed by atoms with Gasteiger partial charge in [-0.05, 0) is 44.9 Å². The molecule has 0 aliphatic carbocycles. The molecule has 1 aromatic carbocycles. The van der Waals surface area contributed by atoms with Gasteiger partial charge in [-0.3, -0.25) is 0 Å². The van der Waals surface area contributed by atoms with Crippen molar-refractivity contribution in [2.45, 2.75) is 27.7 Å². The molecule has 21 heavy (non-hydrogen) atoms. The summed E-state index contributed by atoms with van der Waals surface area (Å²) >= 11 is 0. The Hall–Kier alpha value is -2.56. The number of rotatable bonds is 3. The van der Waals surface area contributed by atoms with Crippen LogP contribution in [0.2, 0.25) is 0 Å². The molecule has 2 amide bonds. The fourth-order valence-corrected chi connectivity index (χ4v) is 2.59. The number of carbonyl (C=O) groups excluding carboxylic acids is 1. The topological polar surface area (TPSA) is 72.4 Å². The minimum atomic E-state index is -0.671. The Morgan fingerprint density at radius 1 is 1.24 bits per heavy atom. The van der Waals surface area contributed by atoms with Crippen LogP contribution in [0.3, 0.4) is 0 Å². The van der Waals surface area contributed by atoms with Crippen LogP contribution < -0.4 is 11.2 Å². The number of carbonyl (C=O) groups is 1. The summed E-state index contributed by atoms with van der Waals surface area (Å²) in [4.78, 5) is 10.6. The summed E-state index contributed by atoms with van der Waals surface area (Å²) in [6, 6.07) is 7.62. The van der Waals surface area contributed by atoms with Gasteiger partial charge < -0.3 is 10.3 Å². The van der Waals surface area contributed by atoms with Gasteiger partial charge in [-0.25, -0.2) is 10.2 Å². The van der Waals surface area contributed by atoms with Gasteiger partial charge in [-0.1, -0.05) is 18.2 Å². The SMILES string of the molecule is Cc1cccc(C)c1-n1c(C)cc(/C=N/NC(N)=O)c1C. The maximum absolute atomic E-state index is 10.6. The summed E-state index contributed by atoms with van der Waals surface area (Å²) < 4.78 is 2.20. The molecule has 0 bridgehead atoms. The molecule has 5 nitrogen and oxygen atoms in total. The van der Waals surface area contributed by atoms with Crippen molar-refractivity contribution in [2.75, 3.05) is 0 Å². The van der Waals surface area contributed by atoms with Crippen LogP contribution >= 0.6 is 0 Å². The summed E-state index contributed by atoms with van der Waals surface area (Å²) in [5, 5.41) is 3.83. The molecule has 2 aromatic rings. The quantitative estimate of drug-likeness (QED) is 0.660. The molecule has 0 fully saturated rings. The van der Waals surface area contributed by atoms with E-state index in [-0.39, 0.29) is 0 Å². The van der Waals surface area contributed by atoms with Gasteiger partial charge in [-0.2, -0.15) is 5.10 Å². The first-order chi connectivity index (χ1) is 9.91. The highest BCUT2D eigenvalue weighted by Crippen LogP contribution is 2.25. The first kappa shape index (κ1) is 14.8. The standard InChI is InChI=1S/C16H20N4O/c1-10-6-5-7-11(2)15(10)20-12(3)8-14(13(20)4)9-18-19-16(17)21/h5-9H,1-4H3,(H3,17,19,21)/b18-9+. The molecule has 0 unspecified atom stereocenters. The van der Waals surface area contributed by atoms with E-state index in [1.54, 1.807) is 6.21 Å². The minimum Gasteiger partial charge on any atom is -0.350 e. The van der Waals surface area contributed by atoms with Crippen LogP contribution in [-0.2, 0) is 0 Å². The van der Waals surface area contributed by atoms with Crippen molar-refractivity contribution < 1.29 is 4.79 Å². The number of hydrogen-bond acceptors (Lipinski definition) is 2. The van der Waals surface area contributed by atoms with Crippen molar-refractivity contribution in [3.8, 4) is 5.69 Å². The second kappa shape index (κ2) is 5.83. The number of nitrogens with zero attached hydrogens (tertiary/aromatic N) is 2. The van der Waals surface area contributed by atoms with E-state index < -0.39 is 6.03 Å². The van der Waals surface area contributed by atoms with Crippen molar-refractivity contribution in [3.05, 3.63) is 52.3 Å². The maximum atomic E-state index is 10.6. The van der Waals surface area contributed by atoms with E-state index in [1.807, 2.05) is 13.0 Å². The highest BCUT2D eigenvalue weighted by Gasteiger charge is 2.12. The van der Waals surface area contributed by atoms with E-state index in [0.717, 1.165) is 17.0 Å². The Labute approximate surface area is 124 Å². The highest BCUT2D eigenvalue weighted by atomic mass is 16.2. The summed E-state index contributed by atoms with van der Waals surface area (Å²) in [5.74, 6) is 0. The molecule has 0 saturated carbocycles. The smallest absolute Gasteiger partial charge is 0.332 e. The third kappa shape index (κ3) is 2.97. The summed E-state index contributed by atoms with van der Waals surface area (Å²) in [7, 11) is 0. The second-order valence-corrected chi connectivity index (χ2v) is 5.14. The Kier molecular flexibility index (Phi) is 4.12. The number of urea groups is 1. The van der Waals surface area contributed by atoms with Gasteiger partial charge in [-0.15, -0.1) is 0 Å². The molecular weight excluding hydrogens is 264 g/mol. The number of hydrogen-bond donors (Lipinski definition) is 2. The first-order valence-electron chi connectivity index (χ1n) is 6.76. The van der Waals surface area contributed by atoms with Gasteiger partial charge in [0.2, 0.25) is 0 Å². The van der Waals surface area contributed by atoms with Crippen LogP contribution in [0.15, 0.2) is 29.4 Å². The lowest BCUT2D eigenvalue weighted by atomic mass is 10.1. The highest BCUT2D eigenvalue weighted by molar-refractivity contribution is 5.83. The summed E-state index contributed by atoms with van der Waals surface area (Å²) in [6.45, 7) is 8.29. The zero-order valence-corrected chi connectivity index (χ0v) is 12.8. The van der Waals surface area contributed by atoms with Crippen molar-refractivity contribution in [1.29, 1.82) is 0 Å². The van der Waals surface area contributed by atoms with Crippen molar-refractivity contribution in [1.82, 2.24) is 9.99 Å². The van der Waals surface area contributed by atoms with E-state index >= 15 is 0 Å². The van der Waals surface area contributed by atoms with Gasteiger partial charge in [0.1, 0.15) is 0 Å². The molecule has 110 valence electrons. The fraction of sp³-hybridized carbons (Fsp3) is 0.250. The largest absolute Gasteiger partial charge is 0.350 e. The van der Waals surface area contributed by atoms with Crippen molar-refractivity contribution in [2.24, 2.45) is 10.8 Å². The van der Waals surface area contributed by atoms with Crippen molar-refractivity contribution in [3.63, 3.8) is 0 Å². The lowest BCUT2D eigenvalue weighted by molar-refractivity contribution is 0.249. The molecule has 0 aliphatic heterocycles. The molecule has 5 heteroatoms. The molecule has 0 saturated heterocycles. The Bertz CT molecular complexity index is 693. The fourth-order valence-electron chi connectivity index (χ4n) is 2.59. The minimum absolute atomic E-state index is 0.671. The number of amides is 2. The summed E-state index contributed by atoms with van der Waals surface area (Å²) in [6.07, 6.45) is 1.61. The molecule has 2 rings (SSSR count).